The van der Waals surface area contributed by atoms with Crippen molar-refractivity contribution in [2.24, 2.45) is 0 Å². The Morgan fingerprint density at radius 2 is 1.48 bits per heavy atom. The Morgan fingerprint density at radius 3 is 2.04 bits per heavy atom. The third kappa shape index (κ3) is 14.5. The van der Waals surface area contributed by atoms with Crippen LogP contribution in [0.4, 0.5) is 0 Å². The van der Waals surface area contributed by atoms with E-state index < -0.39 is 0 Å². The van der Waals surface area contributed by atoms with Crippen LogP contribution in [-0.2, 0) is 14.3 Å². The summed E-state index contributed by atoms with van der Waals surface area (Å²) in [6, 6.07) is 0. The number of carbonyl (C=O) groups is 1. The number of hydrogen-bond acceptors (Lipinski definition) is 3. The van der Waals surface area contributed by atoms with Crippen molar-refractivity contribution in [1.82, 2.24) is 0 Å². The molecule has 3 heteroatoms. The van der Waals surface area contributed by atoms with Gasteiger partial charge in [0.2, 0.25) is 0 Å². The zero-order valence-electron chi connectivity index (χ0n) is 15.7. The minimum Gasteiger partial charge on any atom is -0.460 e. The van der Waals surface area contributed by atoms with Crippen molar-refractivity contribution in [1.29, 1.82) is 0 Å². The van der Waals surface area contributed by atoms with Gasteiger partial charge in [-0.05, 0) is 19.8 Å². The van der Waals surface area contributed by atoms with Crippen LogP contribution >= 0.6 is 0 Å². The molecule has 0 aliphatic rings. The van der Waals surface area contributed by atoms with Crippen LogP contribution in [0.25, 0.3) is 0 Å². The highest BCUT2D eigenvalue weighted by atomic mass is 16.6. The highest BCUT2D eigenvalue weighted by Gasteiger charge is 2.12. The van der Waals surface area contributed by atoms with E-state index in [1.54, 1.807) is 6.92 Å². The Bertz CT molecular complexity index is 299. The molecule has 1 atom stereocenters. The third-order valence-electron chi connectivity index (χ3n) is 3.98. The lowest BCUT2D eigenvalue weighted by Gasteiger charge is -2.18. The van der Waals surface area contributed by atoms with Crippen molar-refractivity contribution in [3.63, 3.8) is 0 Å². The predicted octanol–water partition coefficient (Wildman–Crippen LogP) is 5.82. The zero-order valence-corrected chi connectivity index (χ0v) is 15.7. The van der Waals surface area contributed by atoms with Gasteiger partial charge in [0.05, 0.1) is 6.10 Å². The lowest BCUT2D eigenvalue weighted by molar-refractivity contribution is -0.143. The second-order valence-corrected chi connectivity index (χ2v) is 6.49. The fourth-order valence-electron chi connectivity index (χ4n) is 2.41. The van der Waals surface area contributed by atoms with Gasteiger partial charge in [-0.25, -0.2) is 4.79 Å². The molecule has 0 aliphatic carbocycles. The fourth-order valence-corrected chi connectivity index (χ4v) is 2.41. The van der Waals surface area contributed by atoms with E-state index in [9.17, 15) is 4.79 Å². The molecule has 1 unspecified atom stereocenters. The van der Waals surface area contributed by atoms with Gasteiger partial charge in [-0.1, -0.05) is 78.2 Å². The van der Waals surface area contributed by atoms with Gasteiger partial charge in [0.1, 0.15) is 6.61 Å². The molecule has 0 aromatic carbocycles. The van der Waals surface area contributed by atoms with Gasteiger partial charge in [-0.3, -0.25) is 0 Å². The Labute approximate surface area is 143 Å². The smallest absolute Gasteiger partial charge is 0.333 e. The van der Waals surface area contributed by atoms with Crippen molar-refractivity contribution in [3.05, 3.63) is 12.2 Å². The highest BCUT2D eigenvalue weighted by molar-refractivity contribution is 5.86. The van der Waals surface area contributed by atoms with E-state index >= 15 is 0 Å². The number of rotatable bonds is 16. The molecule has 0 bridgehead atoms. The number of unbranched alkanes of at least 4 members (excludes halogenated alkanes) is 8. The molecule has 23 heavy (non-hydrogen) atoms. The molecule has 0 radical (unpaired) electrons. The number of carbonyl (C=O) groups excluding carboxylic acids is 1. The molecular formula is C20H38O3. The summed E-state index contributed by atoms with van der Waals surface area (Å²) in [5.74, 6) is -0.315. The van der Waals surface area contributed by atoms with Crippen molar-refractivity contribution in [2.45, 2.75) is 97.5 Å². The van der Waals surface area contributed by atoms with Gasteiger partial charge in [-0.15, -0.1) is 0 Å². The molecule has 0 heterocycles. The largest absolute Gasteiger partial charge is 0.460 e. The van der Waals surface area contributed by atoms with Crippen LogP contribution in [-0.4, -0.2) is 25.3 Å². The van der Waals surface area contributed by atoms with Crippen molar-refractivity contribution in [2.75, 3.05) is 13.2 Å². The predicted molar refractivity (Wildman–Crippen MR) is 97.6 cm³/mol. The van der Waals surface area contributed by atoms with Gasteiger partial charge >= 0.3 is 5.97 Å². The summed E-state index contributed by atoms with van der Waals surface area (Å²) < 4.78 is 11.1. The van der Waals surface area contributed by atoms with E-state index in [0.717, 1.165) is 32.3 Å². The van der Waals surface area contributed by atoms with Crippen LogP contribution in [0.2, 0.25) is 0 Å². The molecule has 0 spiro atoms. The van der Waals surface area contributed by atoms with Crippen molar-refractivity contribution >= 4 is 5.97 Å². The summed E-state index contributed by atoms with van der Waals surface area (Å²) in [6.07, 6.45) is 13.6. The first-order valence-electron chi connectivity index (χ1n) is 9.56. The summed E-state index contributed by atoms with van der Waals surface area (Å²) in [7, 11) is 0. The van der Waals surface area contributed by atoms with Crippen LogP contribution in [0.5, 0.6) is 0 Å². The molecule has 0 fully saturated rings. The molecule has 0 aromatic rings. The van der Waals surface area contributed by atoms with E-state index in [4.69, 9.17) is 9.47 Å². The van der Waals surface area contributed by atoms with Crippen molar-refractivity contribution < 1.29 is 14.3 Å². The third-order valence-corrected chi connectivity index (χ3v) is 3.98. The first kappa shape index (κ1) is 22.2. The highest BCUT2D eigenvalue weighted by Crippen LogP contribution is 2.13. The van der Waals surface area contributed by atoms with E-state index in [1.165, 1.54) is 44.9 Å². The molecule has 136 valence electrons. The summed E-state index contributed by atoms with van der Waals surface area (Å²) in [5.41, 5.74) is 0.449. The van der Waals surface area contributed by atoms with Crippen LogP contribution in [0.15, 0.2) is 12.2 Å². The molecule has 0 aromatic heterocycles. The Morgan fingerprint density at radius 1 is 0.913 bits per heavy atom. The topological polar surface area (TPSA) is 35.5 Å². The number of esters is 1. The maximum absolute atomic E-state index is 11.5. The first-order valence-corrected chi connectivity index (χ1v) is 9.56. The average molecular weight is 327 g/mol. The van der Waals surface area contributed by atoms with Crippen LogP contribution in [0.1, 0.15) is 91.4 Å². The Kier molecular flexibility index (Phi) is 15.5. The fraction of sp³-hybridized carbons (Fsp3) is 0.850. The minimum absolute atomic E-state index is 0.0324. The van der Waals surface area contributed by atoms with E-state index in [0.29, 0.717) is 12.2 Å². The normalized spacial score (nSPS) is 12.1. The molecule has 0 saturated heterocycles. The minimum atomic E-state index is -0.315. The SMILES string of the molecule is C=C(C)C(=O)OCC(CCCCCCCCCC)OCCCC. The average Bonchev–Trinajstić information content (AvgIpc) is 2.54. The van der Waals surface area contributed by atoms with E-state index in [-0.39, 0.29) is 12.1 Å². The Hall–Kier alpha value is -0.830. The maximum Gasteiger partial charge on any atom is 0.333 e. The van der Waals surface area contributed by atoms with Crippen molar-refractivity contribution in [3.8, 4) is 0 Å². The second-order valence-electron chi connectivity index (χ2n) is 6.49. The zero-order chi connectivity index (χ0) is 17.3. The molecular weight excluding hydrogens is 288 g/mol. The van der Waals surface area contributed by atoms with E-state index in [2.05, 4.69) is 20.4 Å². The molecule has 0 saturated carbocycles. The first-order chi connectivity index (χ1) is 11.1. The summed E-state index contributed by atoms with van der Waals surface area (Å²) in [4.78, 5) is 11.5. The van der Waals surface area contributed by atoms with Gasteiger partial charge in [-0.2, -0.15) is 0 Å². The van der Waals surface area contributed by atoms with Crippen LogP contribution in [0.3, 0.4) is 0 Å². The molecule has 0 rings (SSSR count). The summed E-state index contributed by atoms with van der Waals surface area (Å²) in [6.45, 7) is 10.8. The Balaban J connectivity index is 3.82. The van der Waals surface area contributed by atoms with Gasteiger partial charge in [0, 0.05) is 12.2 Å². The quantitative estimate of drug-likeness (QED) is 0.204. The standard InChI is InChI=1S/C20H38O3/c1-5-7-9-10-11-12-13-14-15-19(22-16-8-6-2)17-23-20(21)18(3)4/h19H,3,5-17H2,1-2,4H3. The number of ether oxygens (including phenoxy) is 2. The molecule has 0 N–H and O–H groups in total. The second kappa shape index (κ2) is 16.0. The summed E-state index contributed by atoms with van der Waals surface area (Å²) >= 11 is 0. The lowest BCUT2D eigenvalue weighted by atomic mass is 10.1. The van der Waals surface area contributed by atoms with Crippen LogP contribution < -0.4 is 0 Å². The molecule has 3 nitrogen and oxygen atoms in total. The monoisotopic (exact) mass is 326 g/mol. The molecule has 0 amide bonds. The van der Waals surface area contributed by atoms with Gasteiger partial charge < -0.3 is 9.47 Å². The maximum atomic E-state index is 11.5. The van der Waals surface area contributed by atoms with Gasteiger partial charge in [0.15, 0.2) is 0 Å². The lowest BCUT2D eigenvalue weighted by Crippen LogP contribution is -2.23. The van der Waals surface area contributed by atoms with Gasteiger partial charge in [0.25, 0.3) is 0 Å². The number of hydrogen-bond donors (Lipinski definition) is 0. The molecule has 0 aliphatic heterocycles. The van der Waals surface area contributed by atoms with Crippen LogP contribution in [0, 0.1) is 0 Å². The van der Waals surface area contributed by atoms with E-state index in [1.807, 2.05) is 0 Å². The summed E-state index contributed by atoms with van der Waals surface area (Å²) in [5, 5.41) is 0.